The first kappa shape index (κ1) is 21.5. The summed E-state index contributed by atoms with van der Waals surface area (Å²) < 4.78 is 0. The number of carbonyl (C=O) groups is 3. The maximum atomic E-state index is 14.5. The first-order valence-corrected chi connectivity index (χ1v) is 12.6. The van der Waals surface area contributed by atoms with E-state index in [1.54, 1.807) is 0 Å². The molecule has 2 saturated heterocycles. The molecular weight excluding hydrogens is 450 g/mol. The van der Waals surface area contributed by atoms with Crippen molar-refractivity contribution in [3.8, 4) is 0 Å². The van der Waals surface area contributed by atoms with E-state index in [0.29, 0.717) is 17.8 Å². The van der Waals surface area contributed by atoms with Gasteiger partial charge in [-0.3, -0.25) is 19.3 Å². The third-order valence-electron chi connectivity index (χ3n) is 8.96. The molecule has 180 valence electrons. The Balaban J connectivity index is 1.59. The summed E-state index contributed by atoms with van der Waals surface area (Å²) in [5, 5.41) is 6.23. The predicted molar refractivity (Wildman–Crippen MR) is 137 cm³/mol. The van der Waals surface area contributed by atoms with Crippen molar-refractivity contribution in [3.63, 3.8) is 0 Å². The van der Waals surface area contributed by atoms with Crippen LogP contribution in [-0.2, 0) is 20.5 Å². The summed E-state index contributed by atoms with van der Waals surface area (Å²) in [6, 6.07) is 20.8. The van der Waals surface area contributed by atoms with E-state index in [-0.39, 0.29) is 23.6 Å². The lowest BCUT2D eigenvalue weighted by Crippen LogP contribution is -2.62. The van der Waals surface area contributed by atoms with Crippen LogP contribution in [0.15, 0.2) is 66.7 Å². The number of hydrogen-bond donors (Lipinski definition) is 2. The second-order valence-corrected chi connectivity index (χ2v) is 10.6. The van der Waals surface area contributed by atoms with Gasteiger partial charge in [-0.05, 0) is 50.4 Å². The van der Waals surface area contributed by atoms with Crippen molar-refractivity contribution in [2.75, 3.05) is 17.2 Å². The number of nitrogens with one attached hydrogen (secondary N) is 2. The molecule has 0 unspecified atom stereocenters. The molecule has 2 fully saturated rings. The number of amides is 2. The Morgan fingerprint density at radius 3 is 2.44 bits per heavy atom. The zero-order valence-electron chi connectivity index (χ0n) is 20.3. The molecule has 3 aromatic rings. The van der Waals surface area contributed by atoms with Gasteiger partial charge in [0.1, 0.15) is 11.0 Å². The number of nitrogens with zero attached hydrogens (tertiary/aromatic N) is 1. The Morgan fingerprint density at radius 2 is 1.64 bits per heavy atom. The van der Waals surface area contributed by atoms with Crippen LogP contribution >= 0.6 is 0 Å². The Kier molecular flexibility index (Phi) is 4.26. The van der Waals surface area contributed by atoms with Gasteiger partial charge in [-0.15, -0.1) is 0 Å². The molecule has 4 heterocycles. The number of hydrogen-bond acceptors (Lipinski definition) is 4. The molecule has 6 heteroatoms. The van der Waals surface area contributed by atoms with Crippen molar-refractivity contribution in [3.05, 3.63) is 94.5 Å². The molecule has 3 aromatic carbocycles. The Morgan fingerprint density at radius 1 is 0.889 bits per heavy atom. The number of para-hydroxylation sites is 2. The summed E-state index contributed by atoms with van der Waals surface area (Å²) in [4.78, 5) is 45.5. The zero-order chi connectivity index (χ0) is 24.8. The number of carbonyl (C=O) groups excluding carboxylic acids is 3. The monoisotopic (exact) mass is 477 g/mol. The highest BCUT2D eigenvalue weighted by Gasteiger charge is 2.81. The third kappa shape index (κ3) is 2.29. The molecule has 4 aliphatic heterocycles. The van der Waals surface area contributed by atoms with Crippen LogP contribution in [0.2, 0.25) is 0 Å². The van der Waals surface area contributed by atoms with Gasteiger partial charge in [0.2, 0.25) is 5.91 Å². The van der Waals surface area contributed by atoms with Crippen molar-refractivity contribution >= 4 is 29.0 Å². The molecule has 2 amide bonds. The van der Waals surface area contributed by atoms with E-state index >= 15 is 0 Å². The van der Waals surface area contributed by atoms with Crippen LogP contribution in [0.3, 0.4) is 0 Å². The summed E-state index contributed by atoms with van der Waals surface area (Å²) in [5.74, 6) is -1.27. The first-order chi connectivity index (χ1) is 17.4. The maximum absolute atomic E-state index is 14.5. The highest BCUT2D eigenvalue weighted by atomic mass is 16.2. The number of benzene rings is 3. The fourth-order valence-electron chi connectivity index (χ4n) is 7.65. The minimum Gasteiger partial charge on any atom is -0.325 e. The van der Waals surface area contributed by atoms with Gasteiger partial charge >= 0.3 is 0 Å². The number of fused-ring (bicyclic) bond motifs is 7. The van der Waals surface area contributed by atoms with Gasteiger partial charge in [-0.25, -0.2) is 0 Å². The van der Waals surface area contributed by atoms with Gasteiger partial charge in [0.15, 0.2) is 5.78 Å². The second kappa shape index (κ2) is 7.14. The molecule has 4 aliphatic rings. The molecule has 2 N–H and O–H groups in total. The average molecular weight is 478 g/mol. The number of Topliss-reactive ketones (excluding diaryl/α,β-unsaturated/α-hetero) is 1. The van der Waals surface area contributed by atoms with Gasteiger partial charge in [0.05, 0.1) is 5.92 Å². The van der Waals surface area contributed by atoms with Crippen LogP contribution in [0.5, 0.6) is 0 Å². The van der Waals surface area contributed by atoms with E-state index in [4.69, 9.17) is 0 Å². The fraction of sp³-hybridized carbons (Fsp3) is 0.300. The molecule has 2 spiro atoms. The topological polar surface area (TPSA) is 78.5 Å². The van der Waals surface area contributed by atoms with E-state index in [1.165, 1.54) is 0 Å². The van der Waals surface area contributed by atoms with Gasteiger partial charge in [-0.1, -0.05) is 66.2 Å². The summed E-state index contributed by atoms with van der Waals surface area (Å²) >= 11 is 0. The van der Waals surface area contributed by atoms with Crippen LogP contribution < -0.4 is 10.6 Å². The average Bonchev–Trinajstić information content (AvgIpc) is 3.59. The number of rotatable bonds is 2. The van der Waals surface area contributed by atoms with Crippen molar-refractivity contribution in [1.82, 2.24) is 4.90 Å². The minimum absolute atomic E-state index is 0.0791. The van der Waals surface area contributed by atoms with Gasteiger partial charge in [0, 0.05) is 28.5 Å². The van der Waals surface area contributed by atoms with Crippen molar-refractivity contribution in [2.45, 2.75) is 43.7 Å². The molecule has 0 aromatic heterocycles. The van der Waals surface area contributed by atoms with Crippen LogP contribution in [0, 0.1) is 19.8 Å². The van der Waals surface area contributed by atoms with Gasteiger partial charge in [0.25, 0.3) is 5.91 Å². The van der Waals surface area contributed by atoms with Crippen LogP contribution in [-0.4, -0.2) is 35.1 Å². The van der Waals surface area contributed by atoms with E-state index in [1.807, 2.05) is 80.6 Å². The number of anilines is 2. The van der Waals surface area contributed by atoms with Crippen LogP contribution in [0.4, 0.5) is 11.4 Å². The molecule has 4 atom stereocenters. The maximum Gasteiger partial charge on any atom is 0.251 e. The largest absolute Gasteiger partial charge is 0.325 e. The van der Waals surface area contributed by atoms with Crippen molar-refractivity contribution < 1.29 is 14.4 Å². The Hall–Kier alpha value is -3.77. The summed E-state index contributed by atoms with van der Waals surface area (Å²) in [5.41, 5.74) is 2.86. The Bertz CT molecular complexity index is 1480. The lowest BCUT2D eigenvalue weighted by Gasteiger charge is -2.43. The van der Waals surface area contributed by atoms with Crippen LogP contribution in [0.25, 0.3) is 0 Å². The second-order valence-electron chi connectivity index (χ2n) is 10.6. The summed E-state index contributed by atoms with van der Waals surface area (Å²) in [6.07, 6.45) is 1.63. The Labute approximate surface area is 209 Å². The first-order valence-electron chi connectivity index (χ1n) is 12.6. The standard InChI is InChI=1S/C30H27N3O3/c1-17-12-14-19(15-13-17)26(34)24-23-11-6-16-33(23)30(21-9-5-7-18(2)25(21)32-28(30)36)29(24)20-8-3-4-10-22(20)31-27(29)35/h3-5,7-10,12-15,23-24H,6,11,16H2,1-2H3,(H,31,35)(H,32,36)/t23-,24-,29-,30+/m0/s1. The van der Waals surface area contributed by atoms with Crippen LogP contribution in [0.1, 0.15) is 45.5 Å². The van der Waals surface area contributed by atoms with E-state index < -0.39 is 16.9 Å². The molecule has 36 heavy (non-hydrogen) atoms. The van der Waals surface area contributed by atoms with E-state index in [9.17, 15) is 14.4 Å². The highest BCUT2D eigenvalue weighted by Crippen LogP contribution is 2.68. The zero-order valence-corrected chi connectivity index (χ0v) is 20.3. The summed E-state index contributed by atoms with van der Waals surface area (Å²) in [7, 11) is 0. The van der Waals surface area contributed by atoms with Crippen molar-refractivity contribution in [2.24, 2.45) is 5.92 Å². The molecule has 0 bridgehead atoms. The quantitative estimate of drug-likeness (QED) is 0.539. The lowest BCUT2D eigenvalue weighted by molar-refractivity contribution is -0.137. The van der Waals surface area contributed by atoms with Gasteiger partial charge < -0.3 is 10.6 Å². The van der Waals surface area contributed by atoms with E-state index in [2.05, 4.69) is 15.5 Å². The molecular formula is C30H27N3O3. The third-order valence-corrected chi connectivity index (χ3v) is 8.96. The van der Waals surface area contributed by atoms with E-state index in [0.717, 1.165) is 40.8 Å². The SMILES string of the molecule is Cc1ccc(C(=O)[C@@H]2[C@@H]3CCCN3[C@]3(C(=O)Nc4c(C)cccc43)[C@]23C(=O)Nc2ccccc23)cc1. The molecule has 6 nitrogen and oxygen atoms in total. The fourth-order valence-corrected chi connectivity index (χ4v) is 7.65. The molecule has 7 rings (SSSR count). The number of aryl methyl sites for hydroxylation is 2. The molecule has 0 aliphatic carbocycles. The smallest absolute Gasteiger partial charge is 0.251 e. The van der Waals surface area contributed by atoms with Crippen molar-refractivity contribution in [1.29, 1.82) is 0 Å². The number of ketones is 1. The van der Waals surface area contributed by atoms with Gasteiger partial charge in [-0.2, -0.15) is 0 Å². The lowest BCUT2D eigenvalue weighted by atomic mass is 9.57. The predicted octanol–water partition coefficient (Wildman–Crippen LogP) is 4.32. The molecule has 0 saturated carbocycles. The minimum atomic E-state index is -1.39. The normalized spacial score (nSPS) is 29.8. The highest BCUT2D eigenvalue weighted by molar-refractivity contribution is 6.21. The summed E-state index contributed by atoms with van der Waals surface area (Å²) in [6.45, 7) is 4.61. The molecule has 0 radical (unpaired) electrons.